The van der Waals surface area contributed by atoms with E-state index in [0.717, 1.165) is 5.56 Å². The molecule has 4 aromatic rings. The van der Waals surface area contributed by atoms with E-state index in [9.17, 15) is 9.90 Å². The van der Waals surface area contributed by atoms with Crippen LogP contribution in [0.2, 0.25) is 0 Å². The van der Waals surface area contributed by atoms with E-state index in [1.54, 1.807) is 28.0 Å². The number of carbonyl (C=O) groups is 1. The average molecular weight is 337 g/mol. The summed E-state index contributed by atoms with van der Waals surface area (Å²) in [5, 5.41) is 18.4. The summed E-state index contributed by atoms with van der Waals surface area (Å²) in [5.41, 5.74) is 14.9. The number of aromatic nitrogens is 5. The zero-order valence-corrected chi connectivity index (χ0v) is 13.6. The number of nitrogen functional groups attached to an aromatic ring is 1. The lowest BCUT2D eigenvalue weighted by Gasteiger charge is -2.15. The van der Waals surface area contributed by atoms with Crippen LogP contribution in [0.15, 0.2) is 24.8 Å². The van der Waals surface area contributed by atoms with E-state index in [1.807, 2.05) is 6.92 Å². The van der Waals surface area contributed by atoms with Crippen LogP contribution >= 0.6 is 0 Å². The molecule has 1 aromatic carbocycles. The molecule has 0 saturated carbocycles. The molecule has 0 bridgehead atoms. The second-order valence-electron chi connectivity index (χ2n) is 5.84. The van der Waals surface area contributed by atoms with Crippen molar-refractivity contribution in [1.29, 1.82) is 0 Å². The van der Waals surface area contributed by atoms with Gasteiger partial charge in [-0.25, -0.2) is 4.98 Å². The summed E-state index contributed by atoms with van der Waals surface area (Å²) in [6.07, 6.45) is 3.01. The van der Waals surface area contributed by atoms with Crippen molar-refractivity contribution in [2.75, 3.05) is 5.73 Å². The molecule has 4 rings (SSSR count). The van der Waals surface area contributed by atoms with Gasteiger partial charge in [0.2, 0.25) is 0 Å². The van der Waals surface area contributed by atoms with Crippen LogP contribution in [0.3, 0.4) is 0 Å². The highest BCUT2D eigenvalue weighted by atomic mass is 16.3. The van der Waals surface area contributed by atoms with Gasteiger partial charge in [-0.15, -0.1) is 10.2 Å². The molecule has 25 heavy (non-hydrogen) atoms. The Labute approximate surface area is 141 Å². The Morgan fingerprint density at radius 2 is 1.96 bits per heavy atom. The maximum absolute atomic E-state index is 12.1. The van der Waals surface area contributed by atoms with Crippen molar-refractivity contribution >= 4 is 28.4 Å². The first-order valence-corrected chi connectivity index (χ1v) is 7.49. The number of primary amides is 1. The predicted octanol–water partition coefficient (Wildman–Crippen LogP) is 1.07. The Balaban J connectivity index is 2.26. The van der Waals surface area contributed by atoms with Crippen molar-refractivity contribution in [2.45, 2.75) is 13.8 Å². The van der Waals surface area contributed by atoms with Gasteiger partial charge in [0.15, 0.2) is 11.3 Å². The van der Waals surface area contributed by atoms with Gasteiger partial charge in [-0.05, 0) is 25.5 Å². The molecule has 0 aliphatic rings. The number of carbonyl (C=O) groups excluding carboxylic acids is 1. The summed E-state index contributed by atoms with van der Waals surface area (Å²) >= 11 is 0. The average Bonchev–Trinajstić information content (AvgIpc) is 3.14. The van der Waals surface area contributed by atoms with Crippen molar-refractivity contribution in [1.82, 2.24) is 24.1 Å². The first-order valence-electron chi connectivity index (χ1n) is 7.49. The molecular weight excluding hydrogens is 322 g/mol. The monoisotopic (exact) mass is 337 g/mol. The molecule has 0 spiro atoms. The summed E-state index contributed by atoms with van der Waals surface area (Å²) in [5.74, 6) is -0.427. The van der Waals surface area contributed by atoms with Gasteiger partial charge in [0.05, 0.1) is 16.6 Å². The van der Waals surface area contributed by atoms with E-state index in [2.05, 4.69) is 15.2 Å². The maximum Gasteiger partial charge on any atom is 0.253 e. The fourth-order valence-electron chi connectivity index (χ4n) is 3.18. The highest BCUT2D eigenvalue weighted by molar-refractivity contribution is 6.15. The van der Waals surface area contributed by atoms with Crippen LogP contribution in [0.5, 0.6) is 5.75 Å². The molecule has 9 heteroatoms. The molecular formula is C16H15N7O2. The van der Waals surface area contributed by atoms with Crippen molar-refractivity contribution in [3.63, 3.8) is 0 Å². The predicted molar refractivity (Wildman–Crippen MR) is 91.7 cm³/mol. The standard InChI is InChI=1S/C16H15N7O2/c1-7-3-4-9(24)8(2)12(7)23-13(17)10(14(18)25)11-15(23)19-5-22-6-20-21-16(11)22/h3-6,24H,17H2,1-2H3,(H2,18,25). The van der Waals surface area contributed by atoms with E-state index < -0.39 is 5.91 Å². The smallest absolute Gasteiger partial charge is 0.253 e. The van der Waals surface area contributed by atoms with Crippen LogP contribution in [0, 0.1) is 13.8 Å². The van der Waals surface area contributed by atoms with Crippen molar-refractivity contribution in [2.24, 2.45) is 5.73 Å². The zero-order chi connectivity index (χ0) is 17.9. The van der Waals surface area contributed by atoms with E-state index in [0.29, 0.717) is 27.9 Å². The number of nitrogens with two attached hydrogens (primary N) is 2. The third-order valence-electron chi connectivity index (χ3n) is 4.36. The van der Waals surface area contributed by atoms with Crippen LogP contribution in [-0.2, 0) is 0 Å². The number of benzene rings is 1. The van der Waals surface area contributed by atoms with Gasteiger partial charge in [-0.2, -0.15) is 0 Å². The zero-order valence-electron chi connectivity index (χ0n) is 13.6. The largest absolute Gasteiger partial charge is 0.508 e. The summed E-state index contributed by atoms with van der Waals surface area (Å²) in [7, 11) is 0. The summed E-state index contributed by atoms with van der Waals surface area (Å²) in [6.45, 7) is 3.65. The quantitative estimate of drug-likeness (QED) is 0.500. The van der Waals surface area contributed by atoms with Gasteiger partial charge >= 0.3 is 0 Å². The number of hydrogen-bond donors (Lipinski definition) is 3. The third kappa shape index (κ3) is 1.89. The number of rotatable bonds is 2. The van der Waals surface area contributed by atoms with E-state index in [4.69, 9.17) is 11.5 Å². The number of fused-ring (bicyclic) bond motifs is 3. The maximum atomic E-state index is 12.1. The number of phenolic OH excluding ortho intramolecular Hbond substituents is 1. The molecule has 5 N–H and O–H groups in total. The van der Waals surface area contributed by atoms with Crippen molar-refractivity contribution < 1.29 is 9.90 Å². The van der Waals surface area contributed by atoms with Crippen LogP contribution in [0.1, 0.15) is 21.5 Å². The molecule has 0 saturated heterocycles. The van der Waals surface area contributed by atoms with E-state index in [-0.39, 0.29) is 17.1 Å². The molecule has 0 fully saturated rings. The molecule has 0 radical (unpaired) electrons. The molecule has 0 atom stereocenters. The third-order valence-corrected chi connectivity index (χ3v) is 4.36. The topological polar surface area (TPSA) is 137 Å². The Morgan fingerprint density at radius 1 is 1.20 bits per heavy atom. The summed E-state index contributed by atoms with van der Waals surface area (Å²) in [6, 6.07) is 3.37. The molecule has 9 nitrogen and oxygen atoms in total. The van der Waals surface area contributed by atoms with Gasteiger partial charge in [-0.3, -0.25) is 13.8 Å². The highest BCUT2D eigenvalue weighted by Gasteiger charge is 2.26. The summed E-state index contributed by atoms with van der Waals surface area (Å²) < 4.78 is 3.20. The number of phenols is 1. The summed E-state index contributed by atoms with van der Waals surface area (Å²) in [4.78, 5) is 16.5. The number of amides is 1. The van der Waals surface area contributed by atoms with Crippen LogP contribution < -0.4 is 11.5 Å². The minimum absolute atomic E-state index is 0.117. The highest BCUT2D eigenvalue weighted by Crippen LogP contribution is 2.36. The Hall–Kier alpha value is -3.62. The van der Waals surface area contributed by atoms with Gasteiger partial charge in [0.1, 0.15) is 24.2 Å². The number of aromatic hydroxyl groups is 1. The van der Waals surface area contributed by atoms with Crippen molar-refractivity contribution in [3.05, 3.63) is 41.5 Å². The number of nitrogens with zero attached hydrogens (tertiary/aromatic N) is 5. The fourth-order valence-corrected chi connectivity index (χ4v) is 3.18. The Kier molecular flexibility index (Phi) is 2.95. The van der Waals surface area contributed by atoms with Crippen molar-refractivity contribution in [3.8, 4) is 11.4 Å². The second kappa shape index (κ2) is 4.94. The molecule has 3 aromatic heterocycles. The molecule has 0 unspecified atom stereocenters. The van der Waals surface area contributed by atoms with Crippen LogP contribution in [-0.4, -0.2) is 35.2 Å². The van der Waals surface area contributed by atoms with Gasteiger partial charge in [-0.1, -0.05) is 6.07 Å². The fraction of sp³-hybridized carbons (Fsp3) is 0.125. The molecule has 126 valence electrons. The number of hydrogen-bond acceptors (Lipinski definition) is 6. The molecule has 0 aliphatic heterocycles. The molecule has 3 heterocycles. The molecule has 1 amide bonds. The van der Waals surface area contributed by atoms with Gasteiger partial charge < -0.3 is 16.6 Å². The minimum Gasteiger partial charge on any atom is -0.508 e. The lowest BCUT2D eigenvalue weighted by atomic mass is 10.1. The second-order valence-corrected chi connectivity index (χ2v) is 5.84. The van der Waals surface area contributed by atoms with E-state index in [1.165, 1.54) is 12.7 Å². The van der Waals surface area contributed by atoms with Gasteiger partial charge in [0, 0.05) is 5.56 Å². The first kappa shape index (κ1) is 14.9. The Morgan fingerprint density at radius 3 is 2.68 bits per heavy atom. The first-order chi connectivity index (χ1) is 11.9. The number of aryl methyl sites for hydroxylation is 1. The van der Waals surface area contributed by atoms with Crippen LogP contribution in [0.4, 0.5) is 5.82 Å². The Bertz CT molecular complexity index is 1170. The normalized spacial score (nSPS) is 11.4. The van der Waals surface area contributed by atoms with Crippen LogP contribution in [0.25, 0.3) is 22.4 Å². The lowest BCUT2D eigenvalue weighted by molar-refractivity contribution is 0.100. The number of anilines is 1. The SMILES string of the molecule is Cc1ccc(O)c(C)c1-n1c(N)c(C(N)=O)c2c1ncn1cnnc21. The lowest BCUT2D eigenvalue weighted by Crippen LogP contribution is -2.14. The minimum atomic E-state index is -0.686. The molecule has 0 aliphatic carbocycles. The van der Waals surface area contributed by atoms with Gasteiger partial charge in [0.25, 0.3) is 5.91 Å². The van der Waals surface area contributed by atoms with E-state index >= 15 is 0 Å².